The lowest BCUT2D eigenvalue weighted by Gasteiger charge is -2.21. The summed E-state index contributed by atoms with van der Waals surface area (Å²) in [6.45, 7) is 7.18. The van der Waals surface area contributed by atoms with E-state index in [0.29, 0.717) is 0 Å². The van der Waals surface area contributed by atoms with Gasteiger partial charge in [-0.3, -0.25) is 4.79 Å². The lowest BCUT2D eigenvalue weighted by Crippen LogP contribution is -2.27. The van der Waals surface area contributed by atoms with Crippen LogP contribution in [0.15, 0.2) is 12.7 Å². The van der Waals surface area contributed by atoms with E-state index < -0.39 is 0 Å². The fourth-order valence-electron chi connectivity index (χ4n) is 0.646. The van der Waals surface area contributed by atoms with Crippen molar-refractivity contribution in [3.63, 3.8) is 0 Å². The molecule has 0 amide bonds. The highest BCUT2D eigenvalue weighted by Crippen LogP contribution is 2.27. The van der Waals surface area contributed by atoms with Gasteiger partial charge in [0.15, 0.2) is 0 Å². The number of hydrogen-bond acceptors (Lipinski definition) is 2. The molecule has 0 heterocycles. The molecule has 0 spiro atoms. The zero-order valence-electron chi connectivity index (χ0n) is 6.81. The topological polar surface area (TPSA) is 17.1 Å². The first-order valence-electron chi connectivity index (χ1n) is 3.24. The van der Waals surface area contributed by atoms with Crippen LogP contribution in [0.4, 0.5) is 0 Å². The maximum absolute atomic E-state index is 11.0. The number of rotatable bonds is 4. The van der Waals surface area contributed by atoms with E-state index in [-0.39, 0.29) is 10.5 Å². The zero-order chi connectivity index (χ0) is 8.20. The van der Waals surface area contributed by atoms with Crippen molar-refractivity contribution >= 4 is 17.5 Å². The third kappa shape index (κ3) is 2.18. The molecule has 0 aromatic carbocycles. The van der Waals surface area contributed by atoms with Crippen LogP contribution in [0.1, 0.15) is 20.3 Å². The van der Waals surface area contributed by atoms with E-state index in [0.717, 1.165) is 6.42 Å². The number of allylic oxidation sites excluding steroid dienone is 1. The average molecular weight is 158 g/mol. The Hall–Kier alpha value is -0.240. The van der Waals surface area contributed by atoms with Crippen molar-refractivity contribution in [1.29, 1.82) is 0 Å². The standard InChI is InChI=1S/C8H14OS/c1-5-6-8(3,10-4)7(2)9/h5H,1,6H2,2-4H3. The quantitative estimate of drug-likeness (QED) is 0.584. The molecule has 1 atom stereocenters. The van der Waals surface area contributed by atoms with Crippen LogP contribution in [0.2, 0.25) is 0 Å². The number of hydrogen-bond donors (Lipinski definition) is 0. The molecule has 0 aliphatic heterocycles. The minimum absolute atomic E-state index is 0.222. The molecule has 0 saturated heterocycles. The molecule has 1 nitrogen and oxygen atoms in total. The van der Waals surface area contributed by atoms with Crippen LogP contribution >= 0.6 is 11.8 Å². The van der Waals surface area contributed by atoms with E-state index >= 15 is 0 Å². The van der Waals surface area contributed by atoms with E-state index in [4.69, 9.17) is 0 Å². The summed E-state index contributed by atoms with van der Waals surface area (Å²) in [5, 5.41) is 0. The first-order valence-corrected chi connectivity index (χ1v) is 4.46. The van der Waals surface area contributed by atoms with Gasteiger partial charge in [-0.2, -0.15) is 11.8 Å². The molecule has 0 aromatic rings. The van der Waals surface area contributed by atoms with Gasteiger partial charge < -0.3 is 0 Å². The van der Waals surface area contributed by atoms with Crippen LogP contribution in [0, 0.1) is 0 Å². The van der Waals surface area contributed by atoms with Gasteiger partial charge in [0.05, 0.1) is 4.75 Å². The van der Waals surface area contributed by atoms with Crippen LogP contribution in [0.25, 0.3) is 0 Å². The van der Waals surface area contributed by atoms with Crippen LogP contribution in [-0.2, 0) is 4.79 Å². The van der Waals surface area contributed by atoms with Crippen molar-refractivity contribution in [2.45, 2.75) is 25.0 Å². The molecule has 0 fully saturated rings. The number of carbonyl (C=O) groups is 1. The molecule has 0 aromatic heterocycles. The molecule has 10 heavy (non-hydrogen) atoms. The number of thioether (sulfide) groups is 1. The largest absolute Gasteiger partial charge is 0.298 e. The molecule has 0 saturated carbocycles. The van der Waals surface area contributed by atoms with E-state index in [2.05, 4.69) is 6.58 Å². The van der Waals surface area contributed by atoms with Crippen LogP contribution < -0.4 is 0 Å². The van der Waals surface area contributed by atoms with Gasteiger partial charge >= 0.3 is 0 Å². The Morgan fingerprint density at radius 3 is 2.40 bits per heavy atom. The predicted octanol–water partition coefficient (Wildman–Crippen LogP) is 2.27. The monoisotopic (exact) mass is 158 g/mol. The van der Waals surface area contributed by atoms with Gasteiger partial charge in [0, 0.05) is 0 Å². The summed E-state index contributed by atoms with van der Waals surface area (Å²) in [6.07, 6.45) is 4.49. The van der Waals surface area contributed by atoms with Gasteiger partial charge in [-0.25, -0.2) is 0 Å². The predicted molar refractivity (Wildman–Crippen MR) is 47.4 cm³/mol. The van der Waals surface area contributed by atoms with E-state index in [1.165, 1.54) is 0 Å². The lowest BCUT2D eigenvalue weighted by molar-refractivity contribution is -0.118. The first-order chi connectivity index (χ1) is 4.56. The Bertz CT molecular complexity index is 142. The third-order valence-corrected chi connectivity index (χ3v) is 3.08. The van der Waals surface area contributed by atoms with E-state index in [1.54, 1.807) is 24.8 Å². The molecular weight excluding hydrogens is 144 g/mol. The highest BCUT2D eigenvalue weighted by atomic mass is 32.2. The molecule has 2 heteroatoms. The highest BCUT2D eigenvalue weighted by molar-refractivity contribution is 8.00. The van der Waals surface area contributed by atoms with E-state index in [1.807, 2.05) is 13.2 Å². The second-order valence-electron chi connectivity index (χ2n) is 2.48. The van der Waals surface area contributed by atoms with Crippen LogP contribution in [0.3, 0.4) is 0 Å². The molecule has 0 rings (SSSR count). The van der Waals surface area contributed by atoms with Gasteiger partial charge in [-0.05, 0) is 26.5 Å². The summed E-state index contributed by atoms with van der Waals surface area (Å²) >= 11 is 1.58. The van der Waals surface area contributed by atoms with Crippen molar-refractivity contribution in [3.8, 4) is 0 Å². The second-order valence-corrected chi connectivity index (χ2v) is 3.79. The van der Waals surface area contributed by atoms with Crippen LogP contribution in [-0.4, -0.2) is 16.8 Å². The zero-order valence-corrected chi connectivity index (χ0v) is 7.62. The molecule has 0 bridgehead atoms. The Morgan fingerprint density at radius 2 is 2.30 bits per heavy atom. The molecular formula is C8H14OS. The Labute approximate surface area is 66.9 Å². The van der Waals surface area contributed by atoms with Crippen LogP contribution in [0.5, 0.6) is 0 Å². The summed E-state index contributed by atoms with van der Waals surface area (Å²) in [7, 11) is 0. The molecule has 1 unspecified atom stereocenters. The Morgan fingerprint density at radius 1 is 1.80 bits per heavy atom. The lowest BCUT2D eigenvalue weighted by atomic mass is 10.0. The SMILES string of the molecule is C=CCC(C)(SC)C(C)=O. The molecule has 0 radical (unpaired) electrons. The van der Waals surface area contributed by atoms with Crippen molar-refractivity contribution in [2.24, 2.45) is 0 Å². The van der Waals surface area contributed by atoms with Gasteiger partial charge in [0.25, 0.3) is 0 Å². The van der Waals surface area contributed by atoms with Gasteiger partial charge in [0.1, 0.15) is 5.78 Å². The number of Topliss-reactive ketones (excluding diaryl/α,β-unsaturated/α-hetero) is 1. The Kier molecular flexibility index (Phi) is 3.72. The first kappa shape index (κ1) is 9.76. The smallest absolute Gasteiger partial charge is 0.145 e. The maximum Gasteiger partial charge on any atom is 0.145 e. The van der Waals surface area contributed by atoms with Crippen molar-refractivity contribution in [1.82, 2.24) is 0 Å². The fourth-order valence-corrected chi connectivity index (χ4v) is 1.22. The summed E-state index contributed by atoms with van der Waals surface area (Å²) in [6, 6.07) is 0. The van der Waals surface area contributed by atoms with E-state index in [9.17, 15) is 4.79 Å². The van der Waals surface area contributed by atoms with Crippen molar-refractivity contribution in [2.75, 3.05) is 6.26 Å². The third-order valence-electron chi connectivity index (χ3n) is 1.73. The molecule has 0 N–H and O–H groups in total. The van der Waals surface area contributed by atoms with Crippen molar-refractivity contribution in [3.05, 3.63) is 12.7 Å². The fraction of sp³-hybridized carbons (Fsp3) is 0.625. The summed E-state index contributed by atoms with van der Waals surface area (Å²) in [5.41, 5.74) is 0. The summed E-state index contributed by atoms with van der Waals surface area (Å²) < 4.78 is -0.248. The minimum atomic E-state index is -0.248. The minimum Gasteiger partial charge on any atom is -0.298 e. The number of carbonyl (C=O) groups excluding carboxylic acids is 1. The molecule has 0 aliphatic carbocycles. The average Bonchev–Trinajstić information content (AvgIpc) is 1.88. The Balaban J connectivity index is 4.21. The van der Waals surface area contributed by atoms with Crippen molar-refractivity contribution < 1.29 is 4.79 Å². The second kappa shape index (κ2) is 3.81. The summed E-state index contributed by atoms with van der Waals surface area (Å²) in [4.78, 5) is 11.0. The highest BCUT2D eigenvalue weighted by Gasteiger charge is 2.26. The normalized spacial score (nSPS) is 15.9. The van der Waals surface area contributed by atoms with Gasteiger partial charge in [-0.1, -0.05) is 6.08 Å². The summed E-state index contributed by atoms with van der Waals surface area (Å²) in [5.74, 6) is 0.222. The maximum atomic E-state index is 11.0. The molecule has 0 aliphatic rings. The molecule has 58 valence electrons. The van der Waals surface area contributed by atoms with Gasteiger partial charge in [0.2, 0.25) is 0 Å². The van der Waals surface area contributed by atoms with Gasteiger partial charge in [-0.15, -0.1) is 6.58 Å². The number of ketones is 1.